The van der Waals surface area contributed by atoms with Crippen molar-refractivity contribution in [2.45, 2.75) is 45.0 Å². The summed E-state index contributed by atoms with van der Waals surface area (Å²) in [6.45, 7) is 4.91. The fourth-order valence-corrected chi connectivity index (χ4v) is 2.01. The summed E-state index contributed by atoms with van der Waals surface area (Å²) in [4.78, 5) is 26.9. The van der Waals surface area contributed by atoms with E-state index in [0.717, 1.165) is 19.2 Å². The molecule has 0 aliphatic rings. The quantitative estimate of drug-likeness (QED) is 0.638. The smallest absolute Gasteiger partial charge is 0.433 e. The number of amides is 1. The van der Waals surface area contributed by atoms with Crippen LogP contribution in [0, 0.1) is 0 Å². The average Bonchev–Trinajstić information content (AvgIpc) is 2.44. The van der Waals surface area contributed by atoms with Crippen molar-refractivity contribution in [1.29, 1.82) is 0 Å². The number of nitrogens with zero attached hydrogens (tertiary/aromatic N) is 1. The van der Waals surface area contributed by atoms with Crippen molar-refractivity contribution in [3.63, 3.8) is 0 Å². The molecule has 0 aromatic carbocycles. The number of ether oxygens (including phenoxy) is 2. The van der Waals surface area contributed by atoms with E-state index in [0.29, 0.717) is 0 Å². The topological polar surface area (TPSA) is 77.5 Å². The van der Waals surface area contributed by atoms with Gasteiger partial charge in [-0.3, -0.25) is 0 Å². The first-order chi connectivity index (χ1) is 11.3. The molecule has 1 amide bonds. The molecule has 1 aromatic rings. The molecule has 1 rings (SSSR count). The van der Waals surface area contributed by atoms with Gasteiger partial charge in [0.25, 0.3) is 0 Å². The molecule has 0 unspecified atom stereocenters. The van der Waals surface area contributed by atoms with Crippen LogP contribution >= 0.6 is 11.6 Å². The lowest BCUT2D eigenvalue weighted by Crippen LogP contribution is -2.45. The first-order valence-corrected chi connectivity index (χ1v) is 7.51. The predicted octanol–water partition coefficient (Wildman–Crippen LogP) is 3.36. The maximum absolute atomic E-state index is 12.6. The number of rotatable bonds is 4. The lowest BCUT2D eigenvalue weighted by molar-refractivity contribution is -0.143. The number of carbonyl (C=O) groups is 2. The summed E-state index contributed by atoms with van der Waals surface area (Å²) in [6, 6.07) is 0.629. The molecule has 0 fully saturated rings. The summed E-state index contributed by atoms with van der Waals surface area (Å²) < 4.78 is 47.4. The zero-order valence-corrected chi connectivity index (χ0v) is 14.8. The number of alkyl carbamates (subject to hydrolysis) is 1. The lowest BCUT2D eigenvalue weighted by Gasteiger charge is -2.22. The number of methoxy groups -OCH3 is 1. The van der Waals surface area contributed by atoms with E-state index in [1.54, 1.807) is 20.8 Å². The average molecular weight is 383 g/mol. The molecule has 1 N–H and O–H groups in total. The molecular formula is C15H18ClF3N2O4. The van der Waals surface area contributed by atoms with Crippen molar-refractivity contribution in [1.82, 2.24) is 10.3 Å². The van der Waals surface area contributed by atoms with Crippen LogP contribution in [-0.2, 0) is 26.9 Å². The van der Waals surface area contributed by atoms with Crippen molar-refractivity contribution >= 4 is 23.7 Å². The van der Waals surface area contributed by atoms with E-state index >= 15 is 0 Å². The number of pyridine rings is 1. The highest BCUT2D eigenvalue weighted by atomic mass is 35.5. The molecule has 0 aliphatic carbocycles. The third kappa shape index (κ3) is 6.77. The maximum Gasteiger partial charge on any atom is 0.433 e. The number of hydrogen-bond acceptors (Lipinski definition) is 5. The first-order valence-electron chi connectivity index (χ1n) is 7.13. The van der Waals surface area contributed by atoms with Crippen LogP contribution in [0.25, 0.3) is 0 Å². The second-order valence-electron chi connectivity index (χ2n) is 6.07. The van der Waals surface area contributed by atoms with Crippen LogP contribution in [0.4, 0.5) is 18.0 Å². The SMILES string of the molecule is COC(=O)[C@H](Cc1ccc(C(F)(F)F)nc1Cl)NC(=O)OC(C)(C)C. The normalized spacial score (nSPS) is 13.1. The summed E-state index contributed by atoms with van der Waals surface area (Å²) in [5.41, 5.74) is -1.81. The summed E-state index contributed by atoms with van der Waals surface area (Å²) >= 11 is 5.76. The molecule has 0 bridgehead atoms. The molecule has 1 heterocycles. The van der Waals surface area contributed by atoms with Gasteiger partial charge in [-0.1, -0.05) is 17.7 Å². The molecule has 6 nitrogen and oxygen atoms in total. The third-order valence-corrected chi connectivity index (χ3v) is 3.14. The second kappa shape index (κ2) is 7.90. The number of hydrogen-bond donors (Lipinski definition) is 1. The van der Waals surface area contributed by atoms with Gasteiger partial charge in [-0.15, -0.1) is 0 Å². The van der Waals surface area contributed by atoms with E-state index in [9.17, 15) is 22.8 Å². The molecule has 1 atom stereocenters. The van der Waals surface area contributed by atoms with Crippen molar-refractivity contribution in [2.24, 2.45) is 0 Å². The van der Waals surface area contributed by atoms with Gasteiger partial charge in [-0.2, -0.15) is 13.2 Å². The summed E-state index contributed by atoms with van der Waals surface area (Å²) in [5, 5.41) is 1.88. The van der Waals surface area contributed by atoms with Crippen LogP contribution in [0.5, 0.6) is 0 Å². The van der Waals surface area contributed by atoms with Crippen LogP contribution < -0.4 is 5.32 Å². The van der Waals surface area contributed by atoms with Crippen LogP contribution in [0.15, 0.2) is 12.1 Å². The van der Waals surface area contributed by atoms with Crippen molar-refractivity contribution in [2.75, 3.05) is 7.11 Å². The molecule has 0 saturated carbocycles. The second-order valence-corrected chi connectivity index (χ2v) is 6.43. The fourth-order valence-electron chi connectivity index (χ4n) is 1.78. The van der Waals surface area contributed by atoms with Crippen LogP contribution in [0.1, 0.15) is 32.0 Å². The minimum Gasteiger partial charge on any atom is -0.467 e. The first kappa shape index (κ1) is 21.0. The molecule has 1 aromatic heterocycles. The standard InChI is InChI=1S/C15H18ClF3N2O4/c1-14(2,3)25-13(23)20-9(12(22)24-4)7-8-5-6-10(15(17,18)19)21-11(8)16/h5-6,9H,7H2,1-4H3,(H,20,23)/t9-/m0/s1. The summed E-state index contributed by atoms with van der Waals surface area (Å²) in [7, 11) is 1.11. The Kier molecular flexibility index (Phi) is 6.64. The Morgan fingerprint density at radius 2 is 1.88 bits per heavy atom. The van der Waals surface area contributed by atoms with Crippen molar-refractivity contribution in [3.8, 4) is 0 Å². The number of nitrogens with one attached hydrogen (secondary N) is 1. The van der Waals surface area contributed by atoms with E-state index in [-0.39, 0.29) is 12.0 Å². The van der Waals surface area contributed by atoms with Gasteiger partial charge in [-0.05, 0) is 32.4 Å². The van der Waals surface area contributed by atoms with Crippen LogP contribution in [0.3, 0.4) is 0 Å². The van der Waals surface area contributed by atoms with E-state index in [4.69, 9.17) is 16.3 Å². The summed E-state index contributed by atoms with van der Waals surface area (Å²) in [5.74, 6) is -0.804. The Morgan fingerprint density at radius 1 is 1.28 bits per heavy atom. The minimum atomic E-state index is -4.64. The number of aromatic nitrogens is 1. The van der Waals surface area contributed by atoms with E-state index in [1.807, 2.05) is 0 Å². The van der Waals surface area contributed by atoms with Crippen molar-refractivity contribution in [3.05, 3.63) is 28.5 Å². The molecule has 10 heteroatoms. The number of alkyl halides is 3. The van der Waals surface area contributed by atoms with E-state index < -0.39 is 40.7 Å². The van der Waals surface area contributed by atoms with E-state index in [1.165, 1.54) is 0 Å². The molecule has 140 valence electrons. The molecular weight excluding hydrogens is 365 g/mol. The highest BCUT2D eigenvalue weighted by Gasteiger charge is 2.33. The summed E-state index contributed by atoms with van der Waals surface area (Å²) in [6.07, 6.45) is -5.73. The molecule has 0 radical (unpaired) electrons. The number of carbonyl (C=O) groups excluding carboxylic acids is 2. The molecule has 25 heavy (non-hydrogen) atoms. The predicted molar refractivity (Wildman–Crippen MR) is 83.1 cm³/mol. The largest absolute Gasteiger partial charge is 0.467 e. The Hall–Kier alpha value is -2.03. The van der Waals surface area contributed by atoms with Gasteiger partial charge in [0.1, 0.15) is 22.5 Å². The Bertz CT molecular complexity index is 645. The fraction of sp³-hybridized carbons (Fsp3) is 0.533. The number of esters is 1. The van der Waals surface area contributed by atoms with Gasteiger partial charge < -0.3 is 14.8 Å². The molecule has 0 spiro atoms. The van der Waals surface area contributed by atoms with Gasteiger partial charge in [0.2, 0.25) is 0 Å². The molecule has 0 aliphatic heterocycles. The van der Waals surface area contributed by atoms with Gasteiger partial charge in [-0.25, -0.2) is 14.6 Å². The Balaban J connectivity index is 2.96. The highest BCUT2D eigenvalue weighted by molar-refractivity contribution is 6.30. The molecule has 0 saturated heterocycles. The Morgan fingerprint density at radius 3 is 2.32 bits per heavy atom. The highest BCUT2D eigenvalue weighted by Crippen LogP contribution is 2.29. The van der Waals surface area contributed by atoms with Gasteiger partial charge >= 0.3 is 18.2 Å². The zero-order valence-electron chi connectivity index (χ0n) is 14.0. The van der Waals surface area contributed by atoms with Gasteiger partial charge in [0, 0.05) is 6.42 Å². The Labute approximate surface area is 147 Å². The lowest BCUT2D eigenvalue weighted by atomic mass is 10.1. The minimum absolute atomic E-state index is 0.140. The van der Waals surface area contributed by atoms with Crippen LogP contribution in [0.2, 0.25) is 5.15 Å². The van der Waals surface area contributed by atoms with E-state index in [2.05, 4.69) is 15.0 Å². The zero-order chi connectivity index (χ0) is 19.4. The van der Waals surface area contributed by atoms with Crippen LogP contribution in [-0.4, -0.2) is 35.8 Å². The number of halogens is 4. The van der Waals surface area contributed by atoms with Crippen molar-refractivity contribution < 1.29 is 32.2 Å². The monoisotopic (exact) mass is 382 g/mol. The third-order valence-electron chi connectivity index (χ3n) is 2.82. The van der Waals surface area contributed by atoms with Gasteiger partial charge in [0.05, 0.1) is 7.11 Å². The van der Waals surface area contributed by atoms with Gasteiger partial charge in [0.15, 0.2) is 0 Å². The maximum atomic E-state index is 12.6.